The minimum absolute atomic E-state index is 0.496. The monoisotopic (exact) mass is 148 g/mol. The molecule has 0 fully saturated rings. The zero-order valence-corrected chi connectivity index (χ0v) is 5.95. The lowest BCUT2D eigenvalue weighted by Gasteiger charge is -1.93. The fourth-order valence-corrected chi connectivity index (χ4v) is 1.16. The van der Waals surface area contributed by atoms with Crippen LogP contribution >= 0.6 is 0 Å². The molecule has 0 amide bonds. The number of nitrogens with two attached hydrogens (primary N) is 1. The van der Waals surface area contributed by atoms with Crippen LogP contribution in [0.25, 0.3) is 0 Å². The summed E-state index contributed by atoms with van der Waals surface area (Å²) in [5, 5.41) is 3.62. The molecule has 1 heterocycles. The van der Waals surface area contributed by atoms with Gasteiger partial charge in [0.15, 0.2) is 0 Å². The predicted molar refractivity (Wildman–Crippen MR) is 42.7 cm³/mol. The molecule has 0 bridgehead atoms. The molecule has 1 aliphatic rings. The Morgan fingerprint density at radius 2 is 2.18 bits per heavy atom. The Hall–Kier alpha value is -1.51. The SMILES string of the molecule is N/N=C1\COc2ccccc21. The molecule has 0 unspecified atom stereocenters. The van der Waals surface area contributed by atoms with E-state index in [0.29, 0.717) is 6.61 Å². The van der Waals surface area contributed by atoms with Gasteiger partial charge < -0.3 is 10.6 Å². The Bertz CT molecular complexity index is 307. The Labute approximate surface area is 64.5 Å². The number of hydrogen-bond donors (Lipinski definition) is 1. The van der Waals surface area contributed by atoms with Crippen LogP contribution < -0.4 is 10.6 Å². The Balaban J connectivity index is 2.55. The zero-order chi connectivity index (χ0) is 7.68. The number of fused-ring (bicyclic) bond motifs is 1. The fraction of sp³-hybridized carbons (Fsp3) is 0.125. The van der Waals surface area contributed by atoms with Gasteiger partial charge in [-0.15, -0.1) is 0 Å². The van der Waals surface area contributed by atoms with Crippen molar-refractivity contribution >= 4 is 5.71 Å². The third-order valence-electron chi connectivity index (χ3n) is 1.72. The second-order valence-corrected chi connectivity index (χ2v) is 2.36. The maximum absolute atomic E-state index is 5.29. The van der Waals surface area contributed by atoms with Crippen LogP contribution in [0.15, 0.2) is 29.4 Å². The lowest BCUT2D eigenvalue weighted by Crippen LogP contribution is -2.04. The first-order chi connectivity index (χ1) is 5.42. The van der Waals surface area contributed by atoms with Gasteiger partial charge in [-0.1, -0.05) is 12.1 Å². The molecular weight excluding hydrogens is 140 g/mol. The van der Waals surface area contributed by atoms with Crippen molar-refractivity contribution in [3.05, 3.63) is 29.8 Å². The second kappa shape index (κ2) is 2.27. The van der Waals surface area contributed by atoms with Crippen molar-refractivity contribution in [2.24, 2.45) is 10.9 Å². The van der Waals surface area contributed by atoms with E-state index in [1.807, 2.05) is 24.3 Å². The van der Waals surface area contributed by atoms with E-state index in [1.165, 1.54) is 0 Å². The van der Waals surface area contributed by atoms with Crippen molar-refractivity contribution in [1.29, 1.82) is 0 Å². The standard InChI is InChI=1S/C8H8N2O/c9-10-7-5-11-8-4-2-1-3-6(7)8/h1-4H,5,9H2/b10-7+. The minimum Gasteiger partial charge on any atom is -0.487 e. The maximum Gasteiger partial charge on any atom is 0.133 e. The largest absolute Gasteiger partial charge is 0.487 e. The highest BCUT2D eigenvalue weighted by atomic mass is 16.5. The lowest BCUT2D eigenvalue weighted by molar-refractivity contribution is 0.392. The van der Waals surface area contributed by atoms with Crippen LogP contribution in [0.5, 0.6) is 5.75 Å². The number of benzene rings is 1. The van der Waals surface area contributed by atoms with Gasteiger partial charge in [0.05, 0.1) is 0 Å². The smallest absolute Gasteiger partial charge is 0.133 e. The molecule has 0 radical (unpaired) electrons. The summed E-state index contributed by atoms with van der Waals surface area (Å²) in [6.07, 6.45) is 0. The van der Waals surface area contributed by atoms with Crippen molar-refractivity contribution in [1.82, 2.24) is 0 Å². The number of rotatable bonds is 0. The molecule has 0 saturated carbocycles. The molecule has 56 valence electrons. The van der Waals surface area contributed by atoms with Crippen molar-refractivity contribution < 1.29 is 4.74 Å². The summed E-state index contributed by atoms with van der Waals surface area (Å²) in [6, 6.07) is 7.73. The van der Waals surface area contributed by atoms with Crippen LogP contribution in [0, 0.1) is 0 Å². The molecule has 11 heavy (non-hydrogen) atoms. The van der Waals surface area contributed by atoms with E-state index in [4.69, 9.17) is 10.6 Å². The minimum atomic E-state index is 0.496. The van der Waals surface area contributed by atoms with Crippen LogP contribution in [-0.2, 0) is 0 Å². The maximum atomic E-state index is 5.29. The summed E-state index contributed by atoms with van der Waals surface area (Å²) < 4.78 is 5.29. The number of hydrogen-bond acceptors (Lipinski definition) is 3. The van der Waals surface area contributed by atoms with E-state index >= 15 is 0 Å². The molecule has 0 aromatic heterocycles. The van der Waals surface area contributed by atoms with Crippen LogP contribution in [-0.4, -0.2) is 12.3 Å². The summed E-state index contributed by atoms with van der Waals surface area (Å²) in [4.78, 5) is 0. The van der Waals surface area contributed by atoms with E-state index in [9.17, 15) is 0 Å². The Morgan fingerprint density at radius 1 is 1.36 bits per heavy atom. The third-order valence-corrected chi connectivity index (χ3v) is 1.72. The van der Waals surface area contributed by atoms with Gasteiger partial charge in [0.25, 0.3) is 0 Å². The zero-order valence-electron chi connectivity index (χ0n) is 5.95. The molecule has 1 aromatic rings. The van der Waals surface area contributed by atoms with Gasteiger partial charge in [-0.2, -0.15) is 5.10 Å². The van der Waals surface area contributed by atoms with E-state index in [1.54, 1.807) is 0 Å². The summed E-state index contributed by atoms with van der Waals surface area (Å²) >= 11 is 0. The molecule has 0 atom stereocenters. The second-order valence-electron chi connectivity index (χ2n) is 2.36. The topological polar surface area (TPSA) is 47.6 Å². The predicted octanol–water partition coefficient (Wildman–Crippen LogP) is 0.742. The van der Waals surface area contributed by atoms with Gasteiger partial charge in [-0.3, -0.25) is 0 Å². The fourth-order valence-electron chi connectivity index (χ4n) is 1.16. The van der Waals surface area contributed by atoms with Crippen LogP contribution in [0.1, 0.15) is 5.56 Å². The first-order valence-electron chi connectivity index (χ1n) is 3.41. The molecule has 0 aliphatic carbocycles. The lowest BCUT2D eigenvalue weighted by atomic mass is 10.1. The molecule has 3 nitrogen and oxygen atoms in total. The number of para-hydroxylation sites is 1. The molecule has 0 spiro atoms. The average molecular weight is 148 g/mol. The summed E-state index contributed by atoms with van der Waals surface area (Å²) in [7, 11) is 0. The van der Waals surface area contributed by atoms with Gasteiger partial charge in [-0.25, -0.2) is 0 Å². The summed E-state index contributed by atoms with van der Waals surface area (Å²) in [5.74, 6) is 6.03. The normalized spacial score (nSPS) is 18.0. The quantitative estimate of drug-likeness (QED) is 0.435. The molecule has 1 aromatic carbocycles. The van der Waals surface area contributed by atoms with E-state index < -0.39 is 0 Å². The first kappa shape index (κ1) is 6.22. The van der Waals surface area contributed by atoms with Crippen LogP contribution in [0.4, 0.5) is 0 Å². The van der Waals surface area contributed by atoms with E-state index in [2.05, 4.69) is 5.10 Å². The summed E-state index contributed by atoms with van der Waals surface area (Å²) in [6.45, 7) is 0.496. The number of nitrogens with zero attached hydrogens (tertiary/aromatic N) is 1. The van der Waals surface area contributed by atoms with Crippen molar-refractivity contribution in [3.63, 3.8) is 0 Å². The molecular formula is C8H8N2O. The van der Waals surface area contributed by atoms with Gasteiger partial charge in [0.1, 0.15) is 18.1 Å². The van der Waals surface area contributed by atoms with Gasteiger partial charge >= 0.3 is 0 Å². The molecule has 0 saturated heterocycles. The third kappa shape index (κ3) is 0.852. The van der Waals surface area contributed by atoms with Crippen LogP contribution in [0.3, 0.4) is 0 Å². The highest BCUT2D eigenvalue weighted by molar-refractivity contribution is 6.05. The highest BCUT2D eigenvalue weighted by Gasteiger charge is 2.17. The van der Waals surface area contributed by atoms with E-state index in [-0.39, 0.29) is 0 Å². The highest BCUT2D eigenvalue weighted by Crippen LogP contribution is 2.23. The number of ether oxygens (including phenoxy) is 1. The van der Waals surface area contributed by atoms with E-state index in [0.717, 1.165) is 17.0 Å². The van der Waals surface area contributed by atoms with Crippen molar-refractivity contribution in [3.8, 4) is 5.75 Å². The van der Waals surface area contributed by atoms with Gasteiger partial charge in [-0.05, 0) is 12.1 Å². The van der Waals surface area contributed by atoms with Gasteiger partial charge in [0, 0.05) is 5.56 Å². The van der Waals surface area contributed by atoms with Crippen molar-refractivity contribution in [2.45, 2.75) is 0 Å². The average Bonchev–Trinajstić information content (AvgIpc) is 2.47. The number of hydrazone groups is 1. The Kier molecular flexibility index (Phi) is 1.28. The molecule has 2 N–H and O–H groups in total. The van der Waals surface area contributed by atoms with Crippen LogP contribution in [0.2, 0.25) is 0 Å². The molecule has 3 heteroatoms. The van der Waals surface area contributed by atoms with Crippen molar-refractivity contribution in [2.75, 3.05) is 6.61 Å². The molecule has 1 aliphatic heterocycles. The Morgan fingerprint density at radius 3 is 3.00 bits per heavy atom. The van der Waals surface area contributed by atoms with Gasteiger partial charge in [0.2, 0.25) is 0 Å². The molecule has 2 rings (SSSR count). The first-order valence-corrected chi connectivity index (χ1v) is 3.41. The summed E-state index contributed by atoms with van der Waals surface area (Å²) in [5.41, 5.74) is 1.83.